The third-order valence-electron chi connectivity index (χ3n) is 3.91. The van der Waals surface area contributed by atoms with E-state index in [0.29, 0.717) is 5.41 Å². The first-order valence-electron chi connectivity index (χ1n) is 7.54. The molecular weight excluding hydrogens is 224 g/mol. The topological polar surface area (TPSA) is 24.5 Å². The van der Waals surface area contributed by atoms with Gasteiger partial charge in [-0.15, -0.1) is 0 Å². The highest BCUT2D eigenvalue weighted by Crippen LogP contribution is 2.32. The second-order valence-electron chi connectivity index (χ2n) is 6.30. The van der Waals surface area contributed by atoms with Crippen molar-refractivity contribution in [3.8, 4) is 0 Å². The van der Waals surface area contributed by atoms with Crippen LogP contribution in [0.25, 0.3) is 0 Å². The Balaban J connectivity index is 2.54. The van der Waals surface area contributed by atoms with Crippen molar-refractivity contribution in [1.82, 2.24) is 10.2 Å². The van der Waals surface area contributed by atoms with E-state index in [4.69, 9.17) is 4.74 Å². The van der Waals surface area contributed by atoms with Gasteiger partial charge in [-0.25, -0.2) is 0 Å². The summed E-state index contributed by atoms with van der Waals surface area (Å²) in [6.07, 6.45) is 3.98. The van der Waals surface area contributed by atoms with E-state index in [9.17, 15) is 0 Å². The summed E-state index contributed by atoms with van der Waals surface area (Å²) in [6.45, 7) is 13.6. The van der Waals surface area contributed by atoms with Crippen molar-refractivity contribution in [3.05, 3.63) is 0 Å². The first kappa shape index (κ1) is 15.9. The normalized spacial score (nSPS) is 24.3. The Kier molecular flexibility index (Phi) is 7.20. The van der Waals surface area contributed by atoms with Crippen LogP contribution in [0.4, 0.5) is 0 Å². The van der Waals surface area contributed by atoms with E-state index in [1.54, 1.807) is 7.11 Å². The lowest BCUT2D eigenvalue weighted by Crippen LogP contribution is -2.42. The van der Waals surface area contributed by atoms with Crippen LogP contribution in [0.5, 0.6) is 0 Å². The predicted octanol–water partition coefficient (Wildman–Crippen LogP) is 2.37. The molecule has 1 atom stereocenters. The van der Waals surface area contributed by atoms with E-state index < -0.39 is 0 Å². The quantitative estimate of drug-likeness (QED) is 0.685. The molecule has 0 aromatic carbocycles. The molecule has 0 amide bonds. The van der Waals surface area contributed by atoms with E-state index in [-0.39, 0.29) is 0 Å². The Morgan fingerprint density at radius 1 is 1.39 bits per heavy atom. The van der Waals surface area contributed by atoms with E-state index in [1.807, 2.05) is 0 Å². The lowest BCUT2D eigenvalue weighted by atomic mass is 9.82. The van der Waals surface area contributed by atoms with Crippen molar-refractivity contribution < 1.29 is 4.74 Å². The van der Waals surface area contributed by atoms with Crippen LogP contribution in [0.15, 0.2) is 0 Å². The molecule has 1 fully saturated rings. The van der Waals surface area contributed by atoms with Crippen LogP contribution in [-0.4, -0.2) is 51.3 Å². The average Bonchev–Trinajstić information content (AvgIpc) is 2.74. The highest BCUT2D eigenvalue weighted by molar-refractivity contribution is 4.90. The molecule has 3 nitrogen and oxygen atoms in total. The molecule has 1 aliphatic rings. The van der Waals surface area contributed by atoms with E-state index in [2.05, 4.69) is 31.0 Å². The molecule has 3 heteroatoms. The summed E-state index contributed by atoms with van der Waals surface area (Å²) in [5.41, 5.74) is 0.511. The minimum absolute atomic E-state index is 0.511. The zero-order valence-electron chi connectivity index (χ0n) is 12.8. The highest BCUT2D eigenvalue weighted by Gasteiger charge is 2.34. The molecule has 0 bridgehead atoms. The second kappa shape index (κ2) is 8.13. The van der Waals surface area contributed by atoms with Crippen molar-refractivity contribution in [2.45, 2.75) is 40.0 Å². The van der Waals surface area contributed by atoms with Crippen LogP contribution in [0.1, 0.15) is 40.0 Å². The summed E-state index contributed by atoms with van der Waals surface area (Å²) in [7, 11) is 1.80. The molecule has 1 unspecified atom stereocenters. The number of hydrogen-bond acceptors (Lipinski definition) is 3. The molecule has 1 heterocycles. The number of methoxy groups -OCH3 is 1. The monoisotopic (exact) mass is 256 g/mol. The van der Waals surface area contributed by atoms with Gasteiger partial charge in [0.15, 0.2) is 0 Å². The van der Waals surface area contributed by atoms with E-state index in [1.165, 1.54) is 45.4 Å². The van der Waals surface area contributed by atoms with Crippen LogP contribution in [0, 0.1) is 11.3 Å². The van der Waals surface area contributed by atoms with Crippen molar-refractivity contribution >= 4 is 0 Å². The Hall–Kier alpha value is -0.120. The summed E-state index contributed by atoms with van der Waals surface area (Å²) >= 11 is 0. The first-order chi connectivity index (χ1) is 8.62. The van der Waals surface area contributed by atoms with Crippen LogP contribution >= 0.6 is 0 Å². The Bertz CT molecular complexity index is 213. The van der Waals surface area contributed by atoms with Crippen LogP contribution in [-0.2, 0) is 4.74 Å². The van der Waals surface area contributed by atoms with E-state index >= 15 is 0 Å². The van der Waals surface area contributed by atoms with Gasteiger partial charge in [-0.2, -0.15) is 0 Å². The maximum absolute atomic E-state index is 5.25. The molecule has 0 spiro atoms. The van der Waals surface area contributed by atoms with Crippen LogP contribution in [0.2, 0.25) is 0 Å². The standard InChI is InChI=1S/C15H32N2O/c1-5-6-15(7-8-16-12-15)13-17(9-10-18-4)11-14(2)3/h14,16H,5-13H2,1-4H3. The predicted molar refractivity (Wildman–Crippen MR) is 78.0 cm³/mol. The molecule has 1 aliphatic heterocycles. The molecule has 108 valence electrons. The van der Waals surface area contributed by atoms with Gasteiger partial charge in [0.1, 0.15) is 0 Å². The Labute approximate surface area is 113 Å². The number of ether oxygens (including phenoxy) is 1. The highest BCUT2D eigenvalue weighted by atomic mass is 16.5. The van der Waals surface area contributed by atoms with Gasteiger partial charge in [-0.05, 0) is 30.7 Å². The van der Waals surface area contributed by atoms with Gasteiger partial charge in [0.2, 0.25) is 0 Å². The number of nitrogens with zero attached hydrogens (tertiary/aromatic N) is 1. The fourth-order valence-corrected chi connectivity index (χ4v) is 3.20. The van der Waals surface area contributed by atoms with E-state index in [0.717, 1.165) is 19.1 Å². The largest absolute Gasteiger partial charge is 0.383 e. The van der Waals surface area contributed by atoms with Gasteiger partial charge in [-0.3, -0.25) is 0 Å². The van der Waals surface area contributed by atoms with Crippen molar-refractivity contribution in [2.75, 3.05) is 46.4 Å². The Morgan fingerprint density at radius 3 is 2.67 bits per heavy atom. The summed E-state index contributed by atoms with van der Waals surface area (Å²) in [6, 6.07) is 0. The molecule has 1 saturated heterocycles. The fraction of sp³-hybridized carbons (Fsp3) is 1.00. The smallest absolute Gasteiger partial charge is 0.0589 e. The third kappa shape index (κ3) is 5.25. The zero-order chi connectivity index (χ0) is 13.4. The number of hydrogen-bond donors (Lipinski definition) is 1. The molecule has 0 aromatic heterocycles. The fourth-order valence-electron chi connectivity index (χ4n) is 3.20. The molecular formula is C15H32N2O. The minimum Gasteiger partial charge on any atom is -0.383 e. The zero-order valence-corrected chi connectivity index (χ0v) is 12.8. The summed E-state index contributed by atoms with van der Waals surface area (Å²) in [5.74, 6) is 0.731. The maximum atomic E-state index is 5.25. The molecule has 1 rings (SSSR count). The van der Waals surface area contributed by atoms with Crippen molar-refractivity contribution in [2.24, 2.45) is 11.3 Å². The van der Waals surface area contributed by atoms with Crippen molar-refractivity contribution in [1.29, 1.82) is 0 Å². The molecule has 0 saturated carbocycles. The maximum Gasteiger partial charge on any atom is 0.0589 e. The SMILES string of the molecule is CCCC1(CN(CCOC)CC(C)C)CCNC1. The summed E-state index contributed by atoms with van der Waals surface area (Å²) in [4.78, 5) is 2.61. The average molecular weight is 256 g/mol. The first-order valence-corrected chi connectivity index (χ1v) is 7.54. The molecule has 0 radical (unpaired) electrons. The number of nitrogens with one attached hydrogen (secondary N) is 1. The van der Waals surface area contributed by atoms with Gasteiger partial charge in [0, 0.05) is 33.3 Å². The number of rotatable bonds is 9. The summed E-state index contributed by atoms with van der Waals surface area (Å²) in [5, 5.41) is 3.55. The molecule has 0 aliphatic carbocycles. The van der Waals surface area contributed by atoms with Gasteiger partial charge < -0.3 is 15.0 Å². The van der Waals surface area contributed by atoms with Gasteiger partial charge in [0.05, 0.1) is 6.61 Å². The molecule has 18 heavy (non-hydrogen) atoms. The second-order valence-corrected chi connectivity index (χ2v) is 6.30. The lowest BCUT2D eigenvalue weighted by Gasteiger charge is -2.35. The summed E-state index contributed by atoms with van der Waals surface area (Å²) < 4.78 is 5.25. The lowest BCUT2D eigenvalue weighted by molar-refractivity contribution is 0.0986. The molecule has 1 N–H and O–H groups in total. The van der Waals surface area contributed by atoms with Crippen LogP contribution < -0.4 is 5.32 Å². The third-order valence-corrected chi connectivity index (χ3v) is 3.91. The molecule has 0 aromatic rings. The van der Waals surface area contributed by atoms with Gasteiger partial charge in [-0.1, -0.05) is 27.2 Å². The van der Waals surface area contributed by atoms with Gasteiger partial charge >= 0.3 is 0 Å². The van der Waals surface area contributed by atoms with Gasteiger partial charge in [0.25, 0.3) is 0 Å². The van der Waals surface area contributed by atoms with Crippen molar-refractivity contribution in [3.63, 3.8) is 0 Å². The Morgan fingerprint density at radius 2 is 2.17 bits per heavy atom. The minimum atomic E-state index is 0.511. The van der Waals surface area contributed by atoms with Crippen LogP contribution in [0.3, 0.4) is 0 Å².